The maximum Gasteiger partial charge on any atom is 0.317 e. The molecule has 1 aliphatic heterocycles. The number of aliphatic carboxylic acids is 1. The first-order chi connectivity index (χ1) is 9.21. The summed E-state index contributed by atoms with van der Waals surface area (Å²) in [6.07, 6.45) is 1.41. The molecule has 0 aromatic rings. The minimum Gasteiger partial charge on any atom is -0.481 e. The number of urea groups is 1. The average Bonchev–Trinajstić information content (AvgIpc) is 2.34. The number of carbonyl (C=O) groups is 2. The van der Waals surface area contributed by atoms with Crippen molar-refractivity contribution in [3.63, 3.8) is 0 Å². The molecular weight excluding hydrogens is 258 g/mol. The molecular formula is C14H27N3O3. The van der Waals surface area contributed by atoms with Gasteiger partial charge in [0.1, 0.15) is 0 Å². The van der Waals surface area contributed by atoms with Gasteiger partial charge in [0.2, 0.25) is 0 Å². The van der Waals surface area contributed by atoms with E-state index in [1.54, 1.807) is 4.90 Å². The topological polar surface area (TPSA) is 72.9 Å². The number of nitrogens with one attached hydrogen (secondary N) is 1. The first kappa shape index (κ1) is 16.8. The number of hydrogen-bond acceptors (Lipinski definition) is 3. The first-order valence-corrected chi connectivity index (χ1v) is 7.11. The lowest BCUT2D eigenvalue weighted by molar-refractivity contribution is -0.143. The smallest absolute Gasteiger partial charge is 0.317 e. The number of carboxylic acids is 1. The SMILES string of the molecule is CN(C)CC(C)(C)CNC(=O)N1CCC[C@H](C(=O)O)C1. The summed E-state index contributed by atoms with van der Waals surface area (Å²) in [5, 5.41) is 12.0. The molecule has 2 amide bonds. The maximum absolute atomic E-state index is 12.1. The summed E-state index contributed by atoms with van der Waals surface area (Å²) in [7, 11) is 4.01. The molecule has 0 saturated carbocycles. The average molecular weight is 285 g/mol. The Labute approximate surface area is 121 Å². The zero-order valence-corrected chi connectivity index (χ0v) is 13.0. The van der Waals surface area contributed by atoms with Gasteiger partial charge in [-0.25, -0.2) is 4.79 Å². The quantitative estimate of drug-likeness (QED) is 0.793. The van der Waals surface area contributed by atoms with E-state index in [4.69, 9.17) is 5.11 Å². The van der Waals surface area contributed by atoms with Crippen LogP contribution < -0.4 is 5.32 Å². The van der Waals surface area contributed by atoms with E-state index in [0.29, 0.717) is 26.1 Å². The van der Waals surface area contributed by atoms with Gasteiger partial charge in [-0.3, -0.25) is 4.79 Å². The van der Waals surface area contributed by atoms with Crippen LogP contribution in [0.25, 0.3) is 0 Å². The van der Waals surface area contributed by atoms with Crippen molar-refractivity contribution in [1.29, 1.82) is 0 Å². The number of rotatable bonds is 5. The van der Waals surface area contributed by atoms with E-state index in [2.05, 4.69) is 24.1 Å². The van der Waals surface area contributed by atoms with Gasteiger partial charge in [-0.1, -0.05) is 13.8 Å². The number of hydrogen-bond donors (Lipinski definition) is 2. The summed E-state index contributed by atoms with van der Waals surface area (Å²) < 4.78 is 0. The van der Waals surface area contributed by atoms with Crippen molar-refractivity contribution in [2.24, 2.45) is 11.3 Å². The van der Waals surface area contributed by atoms with Gasteiger partial charge in [0.25, 0.3) is 0 Å². The Kier molecular flexibility index (Phi) is 5.80. The summed E-state index contributed by atoms with van der Waals surface area (Å²) >= 11 is 0. The highest BCUT2D eigenvalue weighted by molar-refractivity contribution is 5.76. The van der Waals surface area contributed by atoms with Crippen molar-refractivity contribution in [2.45, 2.75) is 26.7 Å². The fourth-order valence-corrected chi connectivity index (χ4v) is 2.70. The third-order valence-corrected chi connectivity index (χ3v) is 3.52. The molecule has 0 bridgehead atoms. The Morgan fingerprint density at radius 2 is 2.05 bits per heavy atom. The predicted molar refractivity (Wildman–Crippen MR) is 77.7 cm³/mol. The van der Waals surface area contributed by atoms with Crippen molar-refractivity contribution >= 4 is 12.0 Å². The summed E-state index contributed by atoms with van der Waals surface area (Å²) in [5.41, 5.74) is -0.0128. The summed E-state index contributed by atoms with van der Waals surface area (Å²) in [5.74, 6) is -1.24. The molecule has 0 aromatic heterocycles. The van der Waals surface area contributed by atoms with Crippen molar-refractivity contribution in [2.75, 3.05) is 40.3 Å². The highest BCUT2D eigenvalue weighted by atomic mass is 16.4. The molecule has 20 heavy (non-hydrogen) atoms. The van der Waals surface area contributed by atoms with Crippen LogP contribution >= 0.6 is 0 Å². The van der Waals surface area contributed by atoms with E-state index >= 15 is 0 Å². The molecule has 1 fully saturated rings. The molecule has 1 atom stereocenters. The second kappa shape index (κ2) is 6.92. The lowest BCUT2D eigenvalue weighted by atomic mass is 9.93. The van der Waals surface area contributed by atoms with Gasteiger partial charge < -0.3 is 20.2 Å². The molecule has 6 nitrogen and oxygen atoms in total. The maximum atomic E-state index is 12.1. The molecule has 1 heterocycles. The number of piperidine rings is 1. The Morgan fingerprint density at radius 3 is 2.60 bits per heavy atom. The van der Waals surface area contributed by atoms with Crippen LogP contribution in [-0.2, 0) is 4.79 Å². The zero-order valence-electron chi connectivity index (χ0n) is 13.0. The van der Waals surface area contributed by atoms with E-state index < -0.39 is 11.9 Å². The third kappa shape index (κ3) is 5.36. The van der Waals surface area contributed by atoms with Crippen molar-refractivity contribution in [3.05, 3.63) is 0 Å². The van der Waals surface area contributed by atoms with Gasteiger partial charge in [-0.15, -0.1) is 0 Å². The van der Waals surface area contributed by atoms with Crippen LogP contribution in [0.15, 0.2) is 0 Å². The lowest BCUT2D eigenvalue weighted by Gasteiger charge is -2.33. The molecule has 0 spiro atoms. The van der Waals surface area contributed by atoms with Crippen LogP contribution in [0.5, 0.6) is 0 Å². The summed E-state index contributed by atoms with van der Waals surface area (Å²) in [6.45, 7) is 6.62. The van der Waals surface area contributed by atoms with Crippen LogP contribution in [0.3, 0.4) is 0 Å². The van der Waals surface area contributed by atoms with Crippen LogP contribution in [0, 0.1) is 11.3 Å². The van der Waals surface area contributed by atoms with E-state index in [9.17, 15) is 9.59 Å². The molecule has 1 rings (SSSR count). The summed E-state index contributed by atoms with van der Waals surface area (Å²) in [4.78, 5) is 26.8. The highest BCUT2D eigenvalue weighted by Crippen LogP contribution is 2.18. The minimum absolute atomic E-state index is 0.0128. The van der Waals surface area contributed by atoms with Crippen LogP contribution in [0.2, 0.25) is 0 Å². The van der Waals surface area contributed by atoms with Crippen LogP contribution in [0.1, 0.15) is 26.7 Å². The third-order valence-electron chi connectivity index (χ3n) is 3.52. The molecule has 2 N–H and O–H groups in total. The fourth-order valence-electron chi connectivity index (χ4n) is 2.70. The fraction of sp³-hybridized carbons (Fsp3) is 0.857. The molecule has 6 heteroatoms. The van der Waals surface area contributed by atoms with Crippen molar-refractivity contribution < 1.29 is 14.7 Å². The van der Waals surface area contributed by atoms with Gasteiger partial charge in [-0.2, -0.15) is 0 Å². The Bertz CT molecular complexity index is 356. The second-order valence-electron chi connectivity index (χ2n) is 6.68. The largest absolute Gasteiger partial charge is 0.481 e. The van der Waals surface area contributed by atoms with Gasteiger partial charge in [0.15, 0.2) is 0 Å². The number of nitrogens with zero attached hydrogens (tertiary/aromatic N) is 2. The molecule has 1 aliphatic rings. The lowest BCUT2D eigenvalue weighted by Crippen LogP contribution is -2.49. The molecule has 0 radical (unpaired) electrons. The number of carboxylic acid groups (broad SMARTS) is 1. The molecule has 0 unspecified atom stereocenters. The molecule has 0 aromatic carbocycles. The Balaban J connectivity index is 2.44. The van der Waals surface area contributed by atoms with Gasteiger partial charge in [0, 0.05) is 26.2 Å². The van der Waals surface area contributed by atoms with E-state index in [1.165, 1.54) is 0 Å². The van der Waals surface area contributed by atoms with Gasteiger partial charge >= 0.3 is 12.0 Å². The van der Waals surface area contributed by atoms with Crippen LogP contribution in [0.4, 0.5) is 4.79 Å². The Morgan fingerprint density at radius 1 is 1.40 bits per heavy atom. The normalized spacial score (nSPS) is 20.1. The zero-order chi connectivity index (χ0) is 15.3. The standard InChI is InChI=1S/C14H27N3O3/c1-14(2,10-16(3)4)9-15-13(20)17-7-5-6-11(8-17)12(18)19/h11H,5-10H2,1-4H3,(H,15,20)(H,18,19)/t11-/m0/s1. The number of carbonyl (C=O) groups excluding carboxylic acids is 1. The monoisotopic (exact) mass is 285 g/mol. The van der Waals surface area contributed by atoms with E-state index in [0.717, 1.165) is 13.0 Å². The minimum atomic E-state index is -0.810. The van der Waals surface area contributed by atoms with Crippen LogP contribution in [-0.4, -0.2) is 67.2 Å². The first-order valence-electron chi connectivity index (χ1n) is 7.11. The van der Waals surface area contributed by atoms with Crippen molar-refractivity contribution in [1.82, 2.24) is 15.1 Å². The number of likely N-dealkylation sites (tertiary alicyclic amines) is 1. The van der Waals surface area contributed by atoms with E-state index in [1.807, 2.05) is 14.1 Å². The second-order valence-corrected chi connectivity index (χ2v) is 6.68. The van der Waals surface area contributed by atoms with Crippen molar-refractivity contribution in [3.8, 4) is 0 Å². The van der Waals surface area contributed by atoms with Gasteiger partial charge in [-0.05, 0) is 32.4 Å². The number of amides is 2. The van der Waals surface area contributed by atoms with E-state index in [-0.39, 0.29) is 11.4 Å². The highest BCUT2D eigenvalue weighted by Gasteiger charge is 2.29. The molecule has 0 aliphatic carbocycles. The molecule has 116 valence electrons. The van der Waals surface area contributed by atoms with Gasteiger partial charge in [0.05, 0.1) is 5.92 Å². The molecule has 1 saturated heterocycles. The predicted octanol–water partition coefficient (Wildman–Crippen LogP) is 1.08. The Hall–Kier alpha value is -1.30. The summed E-state index contributed by atoms with van der Waals surface area (Å²) in [6, 6.07) is -0.150.